The third-order valence-electron chi connectivity index (χ3n) is 8.24. The number of nitrogens with one attached hydrogen (secondary N) is 2. The molecule has 13 heteroatoms. The van der Waals surface area contributed by atoms with Gasteiger partial charge in [-0.05, 0) is 77.0 Å². The highest BCUT2D eigenvalue weighted by molar-refractivity contribution is 8.13. The Labute approximate surface area is 247 Å². The Kier molecular flexibility index (Phi) is 8.32. The van der Waals surface area contributed by atoms with Crippen molar-refractivity contribution in [1.82, 2.24) is 24.8 Å². The first-order valence-corrected chi connectivity index (χ1v) is 14.9. The van der Waals surface area contributed by atoms with Crippen molar-refractivity contribution < 1.29 is 22.7 Å². The summed E-state index contributed by atoms with van der Waals surface area (Å²) in [7, 11) is 0. The van der Waals surface area contributed by atoms with E-state index in [1.807, 2.05) is 0 Å². The van der Waals surface area contributed by atoms with Gasteiger partial charge >= 0.3 is 6.18 Å². The van der Waals surface area contributed by atoms with Crippen LogP contribution in [0.2, 0.25) is 0 Å². The number of alkyl halides is 3. The number of carbonyl (C=O) groups excluding carboxylic acids is 1. The number of hydrogen-bond donors (Lipinski definition) is 2. The van der Waals surface area contributed by atoms with Gasteiger partial charge in [-0.15, -0.1) is 5.10 Å². The summed E-state index contributed by atoms with van der Waals surface area (Å²) >= 11 is 1.05. The van der Waals surface area contributed by atoms with E-state index < -0.39 is 11.6 Å². The largest absolute Gasteiger partial charge is 0.477 e. The van der Waals surface area contributed by atoms with Crippen LogP contribution in [-0.2, 0) is 0 Å². The summed E-state index contributed by atoms with van der Waals surface area (Å²) in [6, 6.07) is 5.17. The Balaban J connectivity index is 1.42. The zero-order valence-electron chi connectivity index (χ0n) is 23.8. The summed E-state index contributed by atoms with van der Waals surface area (Å²) < 4.78 is 49.7. The van der Waals surface area contributed by atoms with Gasteiger partial charge in [0.2, 0.25) is 5.88 Å². The Morgan fingerprint density at radius 2 is 2.00 bits per heavy atom. The summed E-state index contributed by atoms with van der Waals surface area (Å²) in [5, 5.41) is 8.14. The van der Waals surface area contributed by atoms with E-state index in [2.05, 4.69) is 52.0 Å². The number of aliphatic imine (C=N–C) groups is 1. The summed E-state index contributed by atoms with van der Waals surface area (Å²) in [6.07, 6.45) is 2.81. The van der Waals surface area contributed by atoms with Crippen LogP contribution in [0.25, 0.3) is 5.82 Å². The zero-order valence-corrected chi connectivity index (χ0v) is 24.7. The van der Waals surface area contributed by atoms with Gasteiger partial charge in [0.15, 0.2) is 5.82 Å². The van der Waals surface area contributed by atoms with Gasteiger partial charge in [0, 0.05) is 42.3 Å². The fraction of sp³-hybridized carbons (Fsp3) is 0.517. The normalized spacial score (nSPS) is 23.4. The van der Waals surface area contributed by atoms with Crippen molar-refractivity contribution in [2.75, 3.05) is 18.1 Å². The predicted octanol–water partition coefficient (Wildman–Crippen LogP) is 5.94. The number of rotatable bonds is 6. The molecule has 0 bridgehead atoms. The molecule has 1 aliphatic carbocycles. The van der Waals surface area contributed by atoms with E-state index in [9.17, 15) is 18.0 Å². The molecule has 0 radical (unpaired) electrons. The molecule has 0 aromatic carbocycles. The SMILES string of the molecule is C=C/C1=N\C(=C)NCCC[C@@H]2CCC(C)(C)N2c2nc(-n3ccc(OCCC4(C(F)(F)F)CC4)n3)ccc2C(=O)NS1. The fourth-order valence-electron chi connectivity index (χ4n) is 5.62. The first-order valence-electron chi connectivity index (χ1n) is 14.1. The number of ether oxygens (including phenoxy) is 1. The molecule has 1 saturated carbocycles. The molecular formula is C29H36F3N7O2S. The number of carbonyl (C=O) groups is 1. The predicted molar refractivity (Wildman–Crippen MR) is 158 cm³/mol. The molecule has 226 valence electrons. The van der Waals surface area contributed by atoms with Gasteiger partial charge < -0.3 is 15.0 Å². The van der Waals surface area contributed by atoms with Crippen LogP contribution in [0.3, 0.4) is 0 Å². The molecule has 1 amide bonds. The zero-order chi connectivity index (χ0) is 30.1. The maximum atomic E-state index is 13.5. The van der Waals surface area contributed by atoms with Crippen LogP contribution in [0.4, 0.5) is 19.0 Å². The highest BCUT2D eigenvalue weighted by Gasteiger charge is 2.62. The minimum atomic E-state index is -4.22. The van der Waals surface area contributed by atoms with Gasteiger partial charge in [-0.25, -0.2) is 14.7 Å². The first-order chi connectivity index (χ1) is 19.9. The quantitative estimate of drug-likeness (QED) is 0.395. The average molecular weight is 604 g/mol. The lowest BCUT2D eigenvalue weighted by Crippen LogP contribution is -2.45. The molecule has 3 aliphatic rings. The van der Waals surface area contributed by atoms with E-state index in [1.165, 1.54) is 4.68 Å². The monoisotopic (exact) mass is 603 g/mol. The number of pyridine rings is 1. The topological polar surface area (TPSA) is 96.7 Å². The highest BCUT2D eigenvalue weighted by Crippen LogP contribution is 2.59. The van der Waals surface area contributed by atoms with Crippen molar-refractivity contribution in [2.45, 2.75) is 76.6 Å². The molecule has 2 fully saturated rings. The van der Waals surface area contributed by atoms with Crippen molar-refractivity contribution in [1.29, 1.82) is 0 Å². The van der Waals surface area contributed by atoms with Gasteiger partial charge in [0.25, 0.3) is 5.91 Å². The molecule has 2 aliphatic heterocycles. The Bertz CT molecular complexity index is 1380. The lowest BCUT2D eigenvalue weighted by molar-refractivity contribution is -0.190. The smallest absolute Gasteiger partial charge is 0.394 e. The van der Waals surface area contributed by atoms with Gasteiger partial charge in [-0.1, -0.05) is 13.2 Å². The Morgan fingerprint density at radius 3 is 2.71 bits per heavy atom. The molecule has 2 N–H and O–H groups in total. The summed E-state index contributed by atoms with van der Waals surface area (Å²) in [4.78, 5) is 25.1. The first kappa shape index (κ1) is 30.0. The molecule has 42 heavy (non-hydrogen) atoms. The van der Waals surface area contributed by atoms with Crippen LogP contribution in [0.1, 0.15) is 69.2 Å². The Morgan fingerprint density at radius 1 is 1.21 bits per heavy atom. The number of halogens is 3. The second-order valence-electron chi connectivity index (χ2n) is 11.6. The fourth-order valence-corrected chi connectivity index (χ4v) is 6.17. The number of anilines is 1. The maximum Gasteiger partial charge on any atom is 0.394 e. The molecule has 4 heterocycles. The van der Waals surface area contributed by atoms with Crippen molar-refractivity contribution in [3.8, 4) is 11.7 Å². The van der Waals surface area contributed by atoms with E-state index in [0.717, 1.165) is 37.6 Å². The van der Waals surface area contributed by atoms with Gasteiger partial charge in [-0.3, -0.25) is 9.52 Å². The summed E-state index contributed by atoms with van der Waals surface area (Å²) in [5.41, 5.74) is -1.47. The summed E-state index contributed by atoms with van der Waals surface area (Å²) in [6.45, 7) is 12.7. The highest BCUT2D eigenvalue weighted by atomic mass is 32.2. The average Bonchev–Trinajstić information content (AvgIpc) is 3.49. The van der Waals surface area contributed by atoms with E-state index in [4.69, 9.17) is 9.72 Å². The minimum absolute atomic E-state index is 0.0756. The van der Waals surface area contributed by atoms with Crippen molar-refractivity contribution in [3.05, 3.63) is 55.0 Å². The van der Waals surface area contributed by atoms with E-state index in [1.54, 1.807) is 30.5 Å². The molecule has 1 saturated heterocycles. The van der Waals surface area contributed by atoms with Crippen LogP contribution in [0, 0.1) is 5.41 Å². The molecule has 9 nitrogen and oxygen atoms in total. The van der Waals surface area contributed by atoms with Crippen LogP contribution in [0.15, 0.2) is 54.4 Å². The maximum absolute atomic E-state index is 13.5. The van der Waals surface area contributed by atoms with Crippen molar-refractivity contribution >= 4 is 28.7 Å². The molecular weight excluding hydrogens is 567 g/mol. The van der Waals surface area contributed by atoms with Gasteiger partial charge in [-0.2, -0.15) is 13.2 Å². The van der Waals surface area contributed by atoms with E-state index in [-0.39, 0.29) is 49.2 Å². The van der Waals surface area contributed by atoms with Gasteiger partial charge in [0.1, 0.15) is 16.7 Å². The van der Waals surface area contributed by atoms with Crippen LogP contribution < -0.4 is 19.7 Å². The number of nitrogens with zero attached hydrogens (tertiary/aromatic N) is 5. The van der Waals surface area contributed by atoms with Crippen LogP contribution in [-0.4, -0.2) is 56.6 Å². The second kappa shape index (κ2) is 11.7. The number of amides is 1. The molecule has 1 atom stereocenters. The summed E-state index contributed by atoms with van der Waals surface area (Å²) in [5.74, 6) is 1.40. The van der Waals surface area contributed by atoms with Gasteiger partial charge in [0.05, 0.1) is 17.6 Å². The number of fused-ring (bicyclic) bond motifs is 3. The molecule has 2 aromatic rings. The number of hydrogen-bond acceptors (Lipinski definition) is 8. The lowest BCUT2D eigenvalue weighted by atomic mass is 10.0. The second-order valence-corrected chi connectivity index (χ2v) is 12.4. The van der Waals surface area contributed by atoms with Crippen molar-refractivity contribution in [3.63, 3.8) is 0 Å². The van der Waals surface area contributed by atoms with Crippen molar-refractivity contribution in [2.24, 2.45) is 10.4 Å². The molecule has 5 rings (SSSR count). The van der Waals surface area contributed by atoms with Crippen LogP contribution in [0.5, 0.6) is 5.88 Å². The molecule has 0 spiro atoms. The molecule has 0 unspecified atom stereocenters. The van der Waals surface area contributed by atoms with Crippen LogP contribution >= 0.6 is 11.9 Å². The number of aromatic nitrogens is 3. The minimum Gasteiger partial charge on any atom is -0.477 e. The Hall–Kier alpha value is -3.48. The standard InChI is InChI=1S/C29H36F3N7O2S/c1-5-24-34-19(2)33-16-6-7-20-10-12-27(3,4)39(20)25-21(26(40)37-42-24)8-9-22(35-25)38-17-11-23(36-38)41-18-15-28(13-14-28)29(30,31)32/h5,8-9,11,17,20,33H,1-2,6-7,10,12-16,18H2,3-4H3,(H,37,40)/b34-24+/t20-/m1/s1. The lowest BCUT2D eigenvalue weighted by Gasteiger charge is -2.38. The van der Waals surface area contributed by atoms with E-state index in [0.29, 0.717) is 34.6 Å². The third-order valence-corrected chi connectivity index (χ3v) is 8.99. The van der Waals surface area contributed by atoms with E-state index >= 15 is 0 Å². The third kappa shape index (κ3) is 6.30. The molecule has 2 aromatic heterocycles.